The molecule has 0 aromatic carbocycles. The number of hydrogen-bond acceptors (Lipinski definition) is 3. The van der Waals surface area contributed by atoms with Crippen LogP contribution in [0.2, 0.25) is 0 Å². The highest BCUT2D eigenvalue weighted by Gasteiger charge is 2.57. The van der Waals surface area contributed by atoms with E-state index in [-0.39, 0.29) is 6.04 Å². The molecule has 26 heavy (non-hydrogen) atoms. The Morgan fingerprint density at radius 1 is 1.15 bits per heavy atom. The van der Waals surface area contributed by atoms with E-state index in [0.29, 0.717) is 17.4 Å². The van der Waals surface area contributed by atoms with Crippen molar-refractivity contribution in [1.82, 2.24) is 0 Å². The van der Waals surface area contributed by atoms with Crippen LogP contribution in [0, 0.1) is 28.6 Å². The molecule has 0 aromatic heterocycles. The van der Waals surface area contributed by atoms with Gasteiger partial charge in [0.15, 0.2) is 0 Å². The first-order valence-electron chi connectivity index (χ1n) is 10.7. The van der Waals surface area contributed by atoms with Crippen molar-refractivity contribution in [3.63, 3.8) is 0 Å². The van der Waals surface area contributed by atoms with Gasteiger partial charge in [-0.05, 0) is 93.0 Å². The first-order valence-corrected chi connectivity index (χ1v) is 10.7. The number of nitrogens with zero attached hydrogens (tertiary/aromatic N) is 1. The molecule has 0 spiro atoms. The van der Waals surface area contributed by atoms with Gasteiger partial charge in [-0.1, -0.05) is 36.7 Å². The van der Waals surface area contributed by atoms with Gasteiger partial charge in [-0.2, -0.15) is 0 Å². The Morgan fingerprint density at radius 2 is 1.92 bits per heavy atom. The first-order chi connectivity index (χ1) is 12.3. The lowest BCUT2D eigenvalue weighted by molar-refractivity contribution is -0.0226. The monoisotopic (exact) mass is 356 g/mol. The van der Waals surface area contributed by atoms with Crippen LogP contribution in [0.4, 0.5) is 0 Å². The third-order valence-corrected chi connectivity index (χ3v) is 8.45. The second-order valence-corrected chi connectivity index (χ2v) is 9.96. The molecule has 3 fully saturated rings. The Kier molecular flexibility index (Phi) is 4.58. The van der Waals surface area contributed by atoms with Crippen molar-refractivity contribution in [3.05, 3.63) is 23.8 Å². The van der Waals surface area contributed by atoms with Crippen LogP contribution in [0.3, 0.4) is 0 Å². The van der Waals surface area contributed by atoms with Gasteiger partial charge < -0.3 is 10.6 Å². The molecule has 0 radical (unpaired) electrons. The fraction of sp³-hybridized carbons (Fsp3) is 0.783. The maximum atomic E-state index is 5.76. The van der Waals surface area contributed by atoms with E-state index < -0.39 is 0 Å². The second-order valence-electron chi connectivity index (χ2n) is 9.96. The van der Waals surface area contributed by atoms with E-state index in [4.69, 9.17) is 10.6 Å². The van der Waals surface area contributed by atoms with Gasteiger partial charge in [0.25, 0.3) is 0 Å². The number of rotatable bonds is 3. The fourth-order valence-electron chi connectivity index (χ4n) is 6.79. The van der Waals surface area contributed by atoms with Crippen molar-refractivity contribution >= 4 is 5.71 Å². The average Bonchev–Trinajstić information content (AvgIpc) is 2.90. The largest absolute Gasteiger partial charge is 0.394 e. The van der Waals surface area contributed by atoms with Crippen LogP contribution in [0.5, 0.6) is 0 Å². The normalized spacial score (nSPS) is 44.8. The van der Waals surface area contributed by atoms with E-state index in [1.54, 1.807) is 5.57 Å². The third kappa shape index (κ3) is 2.78. The van der Waals surface area contributed by atoms with Crippen molar-refractivity contribution in [3.8, 4) is 0 Å². The molecule has 3 saturated carbocycles. The highest BCUT2D eigenvalue weighted by molar-refractivity contribution is 5.96. The van der Waals surface area contributed by atoms with Gasteiger partial charge in [0.2, 0.25) is 0 Å². The third-order valence-electron chi connectivity index (χ3n) is 8.45. The summed E-state index contributed by atoms with van der Waals surface area (Å²) in [6.07, 6.45) is 12.6. The topological polar surface area (TPSA) is 47.6 Å². The van der Waals surface area contributed by atoms with E-state index >= 15 is 0 Å². The molecule has 3 heteroatoms. The highest BCUT2D eigenvalue weighted by atomic mass is 16.6. The minimum atomic E-state index is 0.0361. The summed E-state index contributed by atoms with van der Waals surface area (Å²) in [5, 5.41) is 4.37. The standard InChI is InChI=1S/C23H36N2O/c1-15-5-8-20-19-7-6-17-13-18(25-26-14-16(2)24)9-11-23(17,4)21(19)10-12-22(15,20)3/h13,16,19-21H,1,5-12,14,24H2,2-4H3/t16?,19?,20?,21?,22-,23+/m1/s1. The molecule has 0 aliphatic heterocycles. The molecule has 2 N–H and O–H groups in total. The summed E-state index contributed by atoms with van der Waals surface area (Å²) in [6.45, 7) is 12.0. The maximum Gasteiger partial charge on any atom is 0.131 e. The van der Waals surface area contributed by atoms with Crippen LogP contribution in [-0.4, -0.2) is 18.4 Å². The van der Waals surface area contributed by atoms with Crippen LogP contribution >= 0.6 is 0 Å². The zero-order chi connectivity index (χ0) is 18.5. The average molecular weight is 357 g/mol. The van der Waals surface area contributed by atoms with Crippen molar-refractivity contribution in [2.75, 3.05) is 6.61 Å². The number of nitrogens with two attached hydrogens (primary N) is 1. The lowest BCUT2D eigenvalue weighted by atomic mass is 9.47. The Balaban J connectivity index is 1.55. The highest BCUT2D eigenvalue weighted by Crippen LogP contribution is 2.66. The molecule has 4 aliphatic rings. The quantitative estimate of drug-likeness (QED) is 0.556. The molecular formula is C23H36N2O. The molecule has 0 heterocycles. The molecule has 0 aromatic rings. The van der Waals surface area contributed by atoms with Gasteiger partial charge in [-0.3, -0.25) is 0 Å². The van der Waals surface area contributed by atoms with Gasteiger partial charge in [0.05, 0.1) is 5.71 Å². The van der Waals surface area contributed by atoms with Crippen LogP contribution < -0.4 is 5.73 Å². The minimum Gasteiger partial charge on any atom is -0.394 e. The molecule has 4 rings (SSSR count). The second kappa shape index (κ2) is 6.51. The molecule has 0 saturated heterocycles. The number of hydrogen-bond donors (Lipinski definition) is 1. The zero-order valence-corrected chi connectivity index (χ0v) is 16.9. The Bertz CT molecular complexity index is 649. The van der Waals surface area contributed by atoms with Crippen LogP contribution in [0.25, 0.3) is 0 Å². The summed E-state index contributed by atoms with van der Waals surface area (Å²) in [4.78, 5) is 5.44. The lowest BCUT2D eigenvalue weighted by Crippen LogP contribution is -2.49. The molecule has 0 bridgehead atoms. The smallest absolute Gasteiger partial charge is 0.131 e. The van der Waals surface area contributed by atoms with E-state index in [1.807, 2.05) is 6.92 Å². The van der Waals surface area contributed by atoms with Gasteiger partial charge in [-0.25, -0.2) is 0 Å². The van der Waals surface area contributed by atoms with Crippen molar-refractivity contribution in [2.24, 2.45) is 39.5 Å². The van der Waals surface area contributed by atoms with E-state index in [1.165, 1.54) is 50.5 Å². The number of oxime groups is 1. The summed E-state index contributed by atoms with van der Waals surface area (Å²) in [5.41, 5.74) is 10.8. The summed E-state index contributed by atoms with van der Waals surface area (Å²) >= 11 is 0. The molecule has 4 aliphatic carbocycles. The molecule has 4 unspecified atom stereocenters. The summed E-state index contributed by atoms with van der Waals surface area (Å²) in [7, 11) is 0. The van der Waals surface area contributed by atoms with Gasteiger partial charge >= 0.3 is 0 Å². The predicted octanol–water partition coefficient (Wildman–Crippen LogP) is 5.23. The predicted molar refractivity (Wildman–Crippen MR) is 108 cm³/mol. The summed E-state index contributed by atoms with van der Waals surface area (Å²) < 4.78 is 0. The van der Waals surface area contributed by atoms with Gasteiger partial charge in [0, 0.05) is 6.04 Å². The van der Waals surface area contributed by atoms with Crippen molar-refractivity contribution in [1.29, 1.82) is 0 Å². The minimum absolute atomic E-state index is 0.0361. The first kappa shape index (κ1) is 18.3. The summed E-state index contributed by atoms with van der Waals surface area (Å²) in [5.74, 6) is 2.61. The Labute approximate surface area is 159 Å². The van der Waals surface area contributed by atoms with Crippen molar-refractivity contribution in [2.45, 2.75) is 78.2 Å². The summed E-state index contributed by atoms with van der Waals surface area (Å²) in [6, 6.07) is 0.0361. The number of allylic oxidation sites excluding steroid dienone is 3. The zero-order valence-electron chi connectivity index (χ0n) is 16.9. The maximum absolute atomic E-state index is 5.76. The SMILES string of the molecule is C=C1CCC2C3CCC4=CC(=NOCC(C)N)CC[C@]4(C)C3CC[C@]12C. The molecule has 6 atom stereocenters. The van der Waals surface area contributed by atoms with E-state index in [0.717, 1.165) is 29.9 Å². The van der Waals surface area contributed by atoms with E-state index in [2.05, 4.69) is 31.7 Å². The lowest BCUT2D eigenvalue weighted by Gasteiger charge is -2.57. The molecule has 144 valence electrons. The Morgan fingerprint density at radius 3 is 2.69 bits per heavy atom. The van der Waals surface area contributed by atoms with Crippen LogP contribution in [0.15, 0.2) is 29.0 Å². The number of fused-ring (bicyclic) bond motifs is 5. The molecule has 3 nitrogen and oxygen atoms in total. The van der Waals surface area contributed by atoms with Gasteiger partial charge in [0.1, 0.15) is 6.61 Å². The van der Waals surface area contributed by atoms with Gasteiger partial charge in [-0.15, -0.1) is 0 Å². The van der Waals surface area contributed by atoms with Crippen molar-refractivity contribution < 1.29 is 4.84 Å². The van der Waals surface area contributed by atoms with Crippen LogP contribution in [0.1, 0.15) is 72.1 Å². The van der Waals surface area contributed by atoms with E-state index in [9.17, 15) is 0 Å². The van der Waals surface area contributed by atoms with Crippen LogP contribution in [-0.2, 0) is 4.84 Å². The fourth-order valence-corrected chi connectivity index (χ4v) is 6.79. The molecule has 0 amide bonds. The molecular weight excluding hydrogens is 320 g/mol. The Hall–Kier alpha value is -1.09.